The number of hydrogen-bond acceptors (Lipinski definition) is 5. The number of rotatable bonds is 5. The maximum absolute atomic E-state index is 11.8. The number of carbonyl (C=O) groups excluding carboxylic acids is 1. The summed E-state index contributed by atoms with van der Waals surface area (Å²) in [6.45, 7) is 4.36. The number of fused-ring (bicyclic) bond motifs is 1. The molecule has 1 aromatic heterocycles. The van der Waals surface area contributed by atoms with E-state index in [0.717, 1.165) is 24.8 Å². The van der Waals surface area contributed by atoms with E-state index in [1.807, 2.05) is 0 Å². The van der Waals surface area contributed by atoms with E-state index >= 15 is 0 Å². The van der Waals surface area contributed by atoms with E-state index in [0.29, 0.717) is 17.9 Å². The molecule has 0 N–H and O–H groups in total. The Labute approximate surface area is 111 Å². The van der Waals surface area contributed by atoms with E-state index < -0.39 is 5.97 Å². The van der Waals surface area contributed by atoms with Crippen LogP contribution < -0.4 is 5.63 Å². The van der Waals surface area contributed by atoms with Gasteiger partial charge in [0.2, 0.25) is 0 Å². The van der Waals surface area contributed by atoms with E-state index in [4.69, 9.17) is 9.15 Å². The average Bonchev–Trinajstić information content (AvgIpc) is 2.79. The van der Waals surface area contributed by atoms with Crippen molar-refractivity contribution in [3.05, 3.63) is 33.4 Å². The minimum Gasteiger partial charge on any atom is -0.461 e. The molecular formula is C14H17NO4. The van der Waals surface area contributed by atoms with E-state index in [2.05, 4.69) is 11.9 Å². The number of aryl methyl sites for hydroxylation is 1. The maximum Gasteiger partial charge on any atom is 0.357 e. The molecule has 19 heavy (non-hydrogen) atoms. The molecule has 1 aromatic rings. The normalized spacial score (nSPS) is 13.1. The summed E-state index contributed by atoms with van der Waals surface area (Å²) in [6.07, 6.45) is 2.70. The highest BCUT2D eigenvalue weighted by Gasteiger charge is 2.28. The Balaban J connectivity index is 2.40. The number of nitrogens with zero attached hydrogens (tertiary/aromatic N) is 1. The van der Waals surface area contributed by atoms with Crippen LogP contribution in [0, 0.1) is 0 Å². The Bertz CT molecular complexity index is 571. The van der Waals surface area contributed by atoms with Crippen LogP contribution in [0.25, 0.3) is 0 Å². The molecule has 0 fully saturated rings. The molecular weight excluding hydrogens is 246 g/mol. The van der Waals surface area contributed by atoms with Gasteiger partial charge in [0.1, 0.15) is 5.76 Å². The van der Waals surface area contributed by atoms with Crippen molar-refractivity contribution in [2.45, 2.75) is 39.7 Å². The highest BCUT2D eigenvalue weighted by molar-refractivity contribution is 6.44. The zero-order valence-corrected chi connectivity index (χ0v) is 11.2. The van der Waals surface area contributed by atoms with Crippen LogP contribution in [0.2, 0.25) is 0 Å². The second-order valence-electron chi connectivity index (χ2n) is 4.38. The molecule has 2 heterocycles. The molecule has 0 atom stereocenters. The van der Waals surface area contributed by atoms with Crippen molar-refractivity contribution in [3.8, 4) is 0 Å². The second-order valence-corrected chi connectivity index (χ2v) is 4.38. The SMILES string of the molecule is CCCCc1cc(=O)oc2c1C(C(=O)OCC)=NC2. The third-order valence-electron chi connectivity index (χ3n) is 3.00. The number of ether oxygens (including phenoxy) is 1. The van der Waals surface area contributed by atoms with Crippen molar-refractivity contribution in [1.29, 1.82) is 0 Å². The minimum atomic E-state index is -0.451. The molecule has 0 amide bonds. The van der Waals surface area contributed by atoms with Crippen molar-refractivity contribution < 1.29 is 13.9 Å². The third kappa shape index (κ3) is 2.75. The Morgan fingerprint density at radius 3 is 2.95 bits per heavy atom. The highest BCUT2D eigenvalue weighted by atomic mass is 16.5. The van der Waals surface area contributed by atoms with Gasteiger partial charge < -0.3 is 9.15 Å². The molecule has 5 heteroatoms. The van der Waals surface area contributed by atoms with Gasteiger partial charge in [0.25, 0.3) is 0 Å². The molecule has 1 aliphatic heterocycles. The molecule has 0 radical (unpaired) electrons. The van der Waals surface area contributed by atoms with Crippen LogP contribution in [0.4, 0.5) is 0 Å². The summed E-state index contributed by atoms with van der Waals surface area (Å²) in [5.74, 6) is 0.0227. The molecule has 0 aliphatic carbocycles. The molecule has 0 bridgehead atoms. The average molecular weight is 263 g/mol. The van der Waals surface area contributed by atoms with Gasteiger partial charge in [-0.15, -0.1) is 0 Å². The van der Waals surface area contributed by atoms with Crippen molar-refractivity contribution >= 4 is 11.7 Å². The summed E-state index contributed by atoms with van der Waals surface area (Å²) in [5.41, 5.74) is 1.39. The van der Waals surface area contributed by atoms with Gasteiger partial charge in [-0.25, -0.2) is 9.59 Å². The lowest BCUT2D eigenvalue weighted by Crippen LogP contribution is -2.20. The van der Waals surface area contributed by atoms with Gasteiger partial charge in [-0.05, 0) is 25.3 Å². The summed E-state index contributed by atoms with van der Waals surface area (Å²) >= 11 is 0. The zero-order chi connectivity index (χ0) is 13.8. The summed E-state index contributed by atoms with van der Waals surface area (Å²) in [7, 11) is 0. The number of carbonyl (C=O) groups is 1. The van der Waals surface area contributed by atoms with Gasteiger partial charge in [-0.2, -0.15) is 0 Å². The first-order valence-electron chi connectivity index (χ1n) is 6.55. The summed E-state index contributed by atoms with van der Waals surface area (Å²) in [5, 5.41) is 0. The van der Waals surface area contributed by atoms with E-state index in [-0.39, 0.29) is 17.9 Å². The lowest BCUT2D eigenvalue weighted by Gasteiger charge is -2.08. The predicted molar refractivity (Wildman–Crippen MR) is 70.5 cm³/mol. The standard InChI is InChI=1S/C14H17NO4/c1-3-5-6-9-7-11(16)19-10-8-15-13(12(9)10)14(17)18-4-2/h7H,3-6,8H2,1-2H3. The van der Waals surface area contributed by atoms with Crippen molar-refractivity contribution in [2.75, 3.05) is 6.61 Å². The van der Waals surface area contributed by atoms with Crippen molar-refractivity contribution in [3.63, 3.8) is 0 Å². The summed E-state index contributed by atoms with van der Waals surface area (Å²) in [4.78, 5) is 27.5. The quantitative estimate of drug-likeness (QED) is 0.760. The molecule has 2 rings (SSSR count). The van der Waals surface area contributed by atoms with Gasteiger partial charge in [0.15, 0.2) is 5.71 Å². The molecule has 0 saturated heterocycles. The first kappa shape index (κ1) is 13.5. The maximum atomic E-state index is 11.8. The molecule has 102 valence electrons. The molecule has 0 saturated carbocycles. The van der Waals surface area contributed by atoms with Crippen molar-refractivity contribution in [2.24, 2.45) is 4.99 Å². The van der Waals surface area contributed by atoms with E-state index in [1.54, 1.807) is 6.92 Å². The minimum absolute atomic E-state index is 0.235. The van der Waals surface area contributed by atoms with Crippen LogP contribution in [-0.4, -0.2) is 18.3 Å². The van der Waals surface area contributed by atoms with Gasteiger partial charge in [0.05, 0.1) is 18.7 Å². The first-order chi connectivity index (χ1) is 9.17. The van der Waals surface area contributed by atoms with Crippen LogP contribution in [0.1, 0.15) is 43.6 Å². The molecule has 0 unspecified atom stereocenters. The van der Waals surface area contributed by atoms with Crippen LogP contribution in [0.3, 0.4) is 0 Å². The molecule has 1 aliphatic rings. The fourth-order valence-corrected chi connectivity index (χ4v) is 2.15. The van der Waals surface area contributed by atoms with Gasteiger partial charge in [-0.1, -0.05) is 13.3 Å². The third-order valence-corrected chi connectivity index (χ3v) is 3.00. The highest BCUT2D eigenvalue weighted by Crippen LogP contribution is 2.23. The first-order valence-corrected chi connectivity index (χ1v) is 6.55. The number of aliphatic imine (C=N–C) groups is 1. The summed E-state index contributed by atoms with van der Waals surface area (Å²) < 4.78 is 10.1. The van der Waals surface area contributed by atoms with Gasteiger partial charge in [0, 0.05) is 6.07 Å². The molecule has 5 nitrogen and oxygen atoms in total. The predicted octanol–water partition coefficient (Wildman–Crippen LogP) is 1.85. The van der Waals surface area contributed by atoms with Crippen LogP contribution in [0.5, 0.6) is 0 Å². The second kappa shape index (κ2) is 5.82. The number of hydrogen-bond donors (Lipinski definition) is 0. The Morgan fingerprint density at radius 1 is 1.47 bits per heavy atom. The zero-order valence-electron chi connectivity index (χ0n) is 11.2. The Morgan fingerprint density at radius 2 is 2.26 bits per heavy atom. The van der Waals surface area contributed by atoms with Crippen LogP contribution in [-0.2, 0) is 22.5 Å². The Hall–Kier alpha value is -1.91. The van der Waals surface area contributed by atoms with Gasteiger partial charge in [-0.3, -0.25) is 4.99 Å². The van der Waals surface area contributed by atoms with Gasteiger partial charge >= 0.3 is 11.6 Å². The van der Waals surface area contributed by atoms with Crippen molar-refractivity contribution in [1.82, 2.24) is 0 Å². The van der Waals surface area contributed by atoms with E-state index in [1.165, 1.54) is 6.07 Å². The largest absolute Gasteiger partial charge is 0.461 e. The fraction of sp³-hybridized carbons (Fsp3) is 0.500. The summed E-state index contributed by atoms with van der Waals surface area (Å²) in [6, 6.07) is 1.45. The molecule has 0 aromatic carbocycles. The topological polar surface area (TPSA) is 68.9 Å². The van der Waals surface area contributed by atoms with E-state index in [9.17, 15) is 9.59 Å². The van der Waals surface area contributed by atoms with Crippen LogP contribution in [0.15, 0.2) is 20.3 Å². The lowest BCUT2D eigenvalue weighted by molar-refractivity contribution is -0.134. The number of unbranched alkanes of at least 4 members (excludes halogenated alkanes) is 1. The van der Waals surface area contributed by atoms with Crippen LogP contribution >= 0.6 is 0 Å². The molecule has 0 spiro atoms. The monoisotopic (exact) mass is 263 g/mol. The number of esters is 1. The fourth-order valence-electron chi connectivity index (χ4n) is 2.15. The smallest absolute Gasteiger partial charge is 0.357 e. The lowest BCUT2D eigenvalue weighted by atomic mass is 10.00. The Kier molecular flexibility index (Phi) is 4.14.